The van der Waals surface area contributed by atoms with Gasteiger partial charge in [0.2, 0.25) is 5.91 Å². The highest BCUT2D eigenvalue weighted by molar-refractivity contribution is 7.99. The molecule has 0 atom stereocenters. The van der Waals surface area contributed by atoms with Crippen LogP contribution in [0, 0.1) is 6.92 Å². The monoisotopic (exact) mass is 383 g/mol. The van der Waals surface area contributed by atoms with E-state index in [1.54, 1.807) is 20.9 Å². The molecule has 0 aliphatic heterocycles. The van der Waals surface area contributed by atoms with E-state index < -0.39 is 0 Å². The maximum Gasteiger partial charge on any atom is 0.329 e. The van der Waals surface area contributed by atoms with Crippen molar-refractivity contribution in [2.24, 2.45) is 0 Å². The van der Waals surface area contributed by atoms with Crippen molar-refractivity contribution in [1.29, 1.82) is 0 Å². The van der Waals surface area contributed by atoms with Crippen molar-refractivity contribution in [2.75, 3.05) is 12.3 Å². The molecule has 142 valence electrons. The third kappa shape index (κ3) is 4.63. The highest BCUT2D eigenvalue weighted by atomic mass is 32.2. The number of fused-ring (bicyclic) bond motifs is 1. The van der Waals surface area contributed by atoms with Gasteiger partial charge in [-0.2, -0.15) is 0 Å². The lowest BCUT2D eigenvalue weighted by atomic mass is 10.2. The first kappa shape index (κ1) is 19.3. The van der Waals surface area contributed by atoms with Crippen molar-refractivity contribution in [1.82, 2.24) is 14.5 Å². The minimum absolute atomic E-state index is 0.0280. The summed E-state index contributed by atoms with van der Waals surface area (Å²) in [4.78, 5) is 25.9. The quantitative estimate of drug-likeness (QED) is 0.479. The molecule has 0 spiro atoms. The SMILES string of the molecule is CCn1c(=O)n(CCC(=O)NCCSc2ccc(C)cc2)c2ccccc21. The van der Waals surface area contributed by atoms with E-state index in [9.17, 15) is 9.59 Å². The summed E-state index contributed by atoms with van der Waals surface area (Å²) in [6.07, 6.45) is 0.298. The number of thioether (sulfide) groups is 1. The second kappa shape index (κ2) is 8.95. The predicted molar refractivity (Wildman–Crippen MR) is 111 cm³/mol. The molecule has 1 N–H and O–H groups in total. The summed E-state index contributed by atoms with van der Waals surface area (Å²) in [5.74, 6) is 0.795. The molecule has 0 saturated heterocycles. The van der Waals surface area contributed by atoms with Crippen molar-refractivity contribution in [3.05, 3.63) is 64.6 Å². The van der Waals surface area contributed by atoms with E-state index in [4.69, 9.17) is 0 Å². The van der Waals surface area contributed by atoms with E-state index in [1.165, 1.54) is 10.5 Å². The fourth-order valence-corrected chi connectivity index (χ4v) is 3.86. The Morgan fingerprint density at radius 3 is 2.37 bits per heavy atom. The Bertz CT molecular complexity index is 973. The van der Waals surface area contributed by atoms with Crippen LogP contribution in [0.5, 0.6) is 0 Å². The summed E-state index contributed by atoms with van der Waals surface area (Å²) in [7, 11) is 0. The summed E-state index contributed by atoms with van der Waals surface area (Å²) < 4.78 is 3.44. The van der Waals surface area contributed by atoms with Crippen LogP contribution in [0.2, 0.25) is 0 Å². The average Bonchev–Trinajstić information content (AvgIpc) is 2.95. The first-order valence-corrected chi connectivity index (χ1v) is 10.2. The van der Waals surface area contributed by atoms with Crippen LogP contribution in [0.15, 0.2) is 58.2 Å². The van der Waals surface area contributed by atoms with Gasteiger partial charge >= 0.3 is 5.69 Å². The molecule has 0 aliphatic carbocycles. The van der Waals surface area contributed by atoms with E-state index >= 15 is 0 Å². The summed E-state index contributed by atoms with van der Waals surface area (Å²) in [5.41, 5.74) is 2.99. The number of imidazole rings is 1. The maximum absolute atomic E-state index is 12.6. The standard InChI is InChI=1S/C21H25N3O2S/c1-3-23-18-6-4-5-7-19(18)24(21(23)26)14-12-20(25)22-13-15-27-17-10-8-16(2)9-11-17/h4-11H,3,12-15H2,1-2H3,(H,22,25). The third-order valence-electron chi connectivity index (χ3n) is 4.52. The molecular weight excluding hydrogens is 358 g/mol. The molecule has 27 heavy (non-hydrogen) atoms. The molecule has 3 aromatic rings. The van der Waals surface area contributed by atoms with E-state index in [-0.39, 0.29) is 11.6 Å². The van der Waals surface area contributed by atoms with Gasteiger partial charge in [0.1, 0.15) is 0 Å². The summed E-state index contributed by atoms with van der Waals surface area (Å²) in [5, 5.41) is 2.94. The fraction of sp³-hybridized carbons (Fsp3) is 0.333. The minimum Gasteiger partial charge on any atom is -0.355 e. The largest absolute Gasteiger partial charge is 0.355 e. The average molecular weight is 384 g/mol. The number of carbonyl (C=O) groups excluding carboxylic acids is 1. The maximum atomic E-state index is 12.6. The van der Waals surface area contributed by atoms with Crippen molar-refractivity contribution in [2.45, 2.75) is 38.3 Å². The van der Waals surface area contributed by atoms with Gasteiger partial charge in [0.25, 0.3) is 0 Å². The highest BCUT2D eigenvalue weighted by Crippen LogP contribution is 2.17. The fourth-order valence-electron chi connectivity index (χ4n) is 3.09. The molecule has 1 amide bonds. The molecule has 0 bridgehead atoms. The lowest BCUT2D eigenvalue weighted by Gasteiger charge is -2.06. The molecule has 1 heterocycles. The Hall–Kier alpha value is -2.47. The van der Waals surface area contributed by atoms with E-state index in [2.05, 4.69) is 36.5 Å². The molecule has 5 nitrogen and oxygen atoms in total. The molecule has 0 unspecified atom stereocenters. The van der Waals surface area contributed by atoms with Crippen LogP contribution in [0.4, 0.5) is 0 Å². The van der Waals surface area contributed by atoms with Crippen LogP contribution >= 0.6 is 11.8 Å². The van der Waals surface area contributed by atoms with Crippen molar-refractivity contribution in [3.63, 3.8) is 0 Å². The number of aromatic nitrogens is 2. The van der Waals surface area contributed by atoms with Crippen molar-refractivity contribution < 1.29 is 4.79 Å². The van der Waals surface area contributed by atoms with Gasteiger partial charge in [-0.25, -0.2) is 4.79 Å². The van der Waals surface area contributed by atoms with Gasteiger partial charge < -0.3 is 5.32 Å². The van der Waals surface area contributed by atoms with E-state index in [1.807, 2.05) is 31.2 Å². The summed E-state index contributed by atoms with van der Waals surface area (Å²) in [6.45, 7) is 5.65. The molecule has 0 aliphatic rings. The molecule has 2 aromatic carbocycles. The lowest BCUT2D eigenvalue weighted by Crippen LogP contribution is -2.29. The van der Waals surface area contributed by atoms with E-state index in [0.717, 1.165) is 16.8 Å². The molecular formula is C21H25N3O2S. The zero-order valence-corrected chi connectivity index (χ0v) is 16.6. The second-order valence-electron chi connectivity index (χ2n) is 6.43. The first-order chi connectivity index (χ1) is 13.1. The smallest absolute Gasteiger partial charge is 0.329 e. The molecule has 0 saturated carbocycles. The Morgan fingerprint density at radius 2 is 1.70 bits per heavy atom. The number of hydrogen-bond donors (Lipinski definition) is 1. The Kier molecular flexibility index (Phi) is 6.40. The first-order valence-electron chi connectivity index (χ1n) is 9.24. The third-order valence-corrected chi connectivity index (χ3v) is 5.53. The zero-order valence-electron chi connectivity index (χ0n) is 15.8. The van der Waals surface area contributed by atoms with Gasteiger partial charge in [-0.05, 0) is 38.1 Å². The number of hydrogen-bond acceptors (Lipinski definition) is 3. The number of para-hydroxylation sites is 2. The number of benzene rings is 2. The van der Waals surface area contributed by atoms with Gasteiger partial charge in [-0.15, -0.1) is 11.8 Å². The van der Waals surface area contributed by atoms with Crippen LogP contribution in [0.1, 0.15) is 18.9 Å². The molecule has 3 rings (SSSR count). The van der Waals surface area contributed by atoms with Gasteiger partial charge in [0.15, 0.2) is 0 Å². The predicted octanol–water partition coefficient (Wildman–Crippen LogP) is 3.43. The minimum atomic E-state index is -0.0542. The van der Waals surface area contributed by atoms with Gasteiger partial charge in [0.05, 0.1) is 11.0 Å². The van der Waals surface area contributed by atoms with Gasteiger partial charge in [-0.3, -0.25) is 13.9 Å². The normalized spacial score (nSPS) is 11.0. The molecule has 0 radical (unpaired) electrons. The molecule has 1 aromatic heterocycles. The van der Waals surface area contributed by atoms with Crippen molar-refractivity contribution in [3.8, 4) is 0 Å². The second-order valence-corrected chi connectivity index (χ2v) is 7.60. The van der Waals surface area contributed by atoms with Crippen molar-refractivity contribution >= 4 is 28.7 Å². The van der Waals surface area contributed by atoms with Crippen LogP contribution < -0.4 is 11.0 Å². The highest BCUT2D eigenvalue weighted by Gasteiger charge is 2.12. The number of carbonyl (C=O) groups is 1. The van der Waals surface area contributed by atoms with Crippen LogP contribution in [0.25, 0.3) is 11.0 Å². The topological polar surface area (TPSA) is 56.0 Å². The van der Waals surface area contributed by atoms with Crippen LogP contribution in [0.3, 0.4) is 0 Å². The van der Waals surface area contributed by atoms with Crippen LogP contribution in [-0.2, 0) is 17.9 Å². The Labute approximate surface area is 163 Å². The van der Waals surface area contributed by atoms with Gasteiger partial charge in [0, 0.05) is 36.7 Å². The number of aryl methyl sites for hydroxylation is 3. The van der Waals surface area contributed by atoms with E-state index in [0.29, 0.717) is 26.1 Å². The Morgan fingerprint density at radius 1 is 1.04 bits per heavy atom. The van der Waals surface area contributed by atoms with Gasteiger partial charge in [-0.1, -0.05) is 29.8 Å². The number of nitrogens with zero attached hydrogens (tertiary/aromatic N) is 2. The lowest BCUT2D eigenvalue weighted by molar-refractivity contribution is -0.121. The molecule has 0 fully saturated rings. The number of rotatable bonds is 8. The number of nitrogens with one attached hydrogen (secondary N) is 1. The summed E-state index contributed by atoms with van der Waals surface area (Å²) >= 11 is 1.72. The molecule has 6 heteroatoms. The summed E-state index contributed by atoms with van der Waals surface area (Å²) in [6, 6.07) is 16.1. The number of amides is 1. The Balaban J connectivity index is 1.51. The zero-order chi connectivity index (χ0) is 19.2. The van der Waals surface area contributed by atoms with Crippen LogP contribution in [-0.4, -0.2) is 27.3 Å².